The lowest BCUT2D eigenvalue weighted by Crippen LogP contribution is -2.42. The van der Waals surface area contributed by atoms with E-state index in [1.807, 2.05) is 43.0 Å². The number of amides is 1. The van der Waals surface area contributed by atoms with E-state index in [2.05, 4.69) is 15.0 Å². The van der Waals surface area contributed by atoms with Crippen LogP contribution in [-0.2, 0) is 16.0 Å². The minimum Gasteiger partial charge on any atom is -0.497 e. The van der Waals surface area contributed by atoms with Crippen LogP contribution in [0.1, 0.15) is 35.2 Å². The van der Waals surface area contributed by atoms with Crippen LogP contribution in [0.2, 0.25) is 0 Å². The number of ether oxygens (including phenoxy) is 2. The van der Waals surface area contributed by atoms with Gasteiger partial charge in [-0.3, -0.25) is 9.78 Å². The van der Waals surface area contributed by atoms with Crippen molar-refractivity contribution >= 4 is 11.9 Å². The van der Waals surface area contributed by atoms with Crippen LogP contribution in [0.3, 0.4) is 0 Å². The van der Waals surface area contributed by atoms with Crippen molar-refractivity contribution < 1.29 is 14.3 Å². The summed E-state index contributed by atoms with van der Waals surface area (Å²) < 4.78 is 11.2. The molecule has 0 spiro atoms. The maximum atomic E-state index is 13.0. The second kappa shape index (κ2) is 9.91. The van der Waals surface area contributed by atoms with Crippen molar-refractivity contribution in [2.75, 3.05) is 32.5 Å². The number of nitrogen functional groups attached to an aromatic ring is 1. The molecular weight excluding hydrogens is 420 g/mol. The summed E-state index contributed by atoms with van der Waals surface area (Å²) in [7, 11) is 1.63. The van der Waals surface area contributed by atoms with Crippen LogP contribution in [0.15, 0.2) is 36.7 Å². The maximum Gasteiger partial charge on any atom is 0.223 e. The van der Waals surface area contributed by atoms with Gasteiger partial charge in [0.25, 0.3) is 0 Å². The highest BCUT2D eigenvalue weighted by Crippen LogP contribution is 2.26. The van der Waals surface area contributed by atoms with Crippen LogP contribution < -0.4 is 10.5 Å². The largest absolute Gasteiger partial charge is 0.497 e. The minimum absolute atomic E-state index is 0.0656. The lowest BCUT2D eigenvalue weighted by molar-refractivity contribution is -0.139. The van der Waals surface area contributed by atoms with Crippen molar-refractivity contribution in [2.24, 2.45) is 0 Å². The first-order valence-corrected chi connectivity index (χ1v) is 10.9. The van der Waals surface area contributed by atoms with Gasteiger partial charge in [-0.15, -0.1) is 0 Å². The third kappa shape index (κ3) is 5.25. The van der Waals surface area contributed by atoms with Crippen molar-refractivity contribution in [3.63, 3.8) is 0 Å². The van der Waals surface area contributed by atoms with E-state index in [9.17, 15) is 4.79 Å². The highest BCUT2D eigenvalue weighted by Gasteiger charge is 2.27. The second-order valence-electron chi connectivity index (χ2n) is 7.99. The zero-order chi connectivity index (χ0) is 23.4. The first-order valence-electron chi connectivity index (χ1n) is 10.9. The lowest BCUT2D eigenvalue weighted by Gasteiger charge is -2.32. The molecule has 1 aliphatic heterocycles. The van der Waals surface area contributed by atoms with Crippen LogP contribution in [-0.4, -0.2) is 57.5 Å². The molecule has 3 aromatic rings. The molecule has 4 rings (SSSR count). The number of aromatic nitrogens is 4. The Balaban J connectivity index is 1.44. The first-order chi connectivity index (χ1) is 15.9. The fourth-order valence-electron chi connectivity index (χ4n) is 4.03. The number of carbonyl (C=O) groups is 1. The molecule has 1 aliphatic rings. The molecule has 2 N–H and O–H groups in total. The number of nitrogens with zero attached hydrogens (tertiary/aromatic N) is 5. The third-order valence-corrected chi connectivity index (χ3v) is 5.79. The molecule has 0 saturated carbocycles. The number of benzene rings is 1. The molecule has 0 bridgehead atoms. The van der Waals surface area contributed by atoms with Gasteiger partial charge in [0.15, 0.2) is 0 Å². The van der Waals surface area contributed by atoms with Crippen LogP contribution in [0.5, 0.6) is 5.75 Å². The summed E-state index contributed by atoms with van der Waals surface area (Å²) >= 11 is 0. The van der Waals surface area contributed by atoms with E-state index in [4.69, 9.17) is 20.2 Å². The second-order valence-corrected chi connectivity index (χ2v) is 7.99. The van der Waals surface area contributed by atoms with Crippen molar-refractivity contribution in [3.05, 3.63) is 59.3 Å². The normalized spacial score (nSPS) is 16.0. The topological polar surface area (TPSA) is 116 Å². The summed E-state index contributed by atoms with van der Waals surface area (Å²) in [5.74, 6) is 1.08. The average Bonchev–Trinajstić information content (AvgIpc) is 2.83. The van der Waals surface area contributed by atoms with Gasteiger partial charge in [-0.05, 0) is 38.0 Å². The molecule has 9 heteroatoms. The molecule has 1 atom stereocenters. The number of hydrogen-bond acceptors (Lipinski definition) is 8. The van der Waals surface area contributed by atoms with E-state index < -0.39 is 0 Å². The summed E-state index contributed by atoms with van der Waals surface area (Å²) in [5.41, 5.74) is 10.6. The molecule has 0 aliphatic carbocycles. The van der Waals surface area contributed by atoms with Gasteiger partial charge in [0.1, 0.15) is 11.9 Å². The first kappa shape index (κ1) is 22.6. The molecule has 0 radical (unpaired) electrons. The Kier molecular flexibility index (Phi) is 6.79. The summed E-state index contributed by atoms with van der Waals surface area (Å²) in [4.78, 5) is 32.3. The SMILES string of the molecule is COc1cccc(-c2cncc([C@H]3CN(C(=O)CCc4c(C)nc(N)nc4C)CCO3)n2)c1. The Morgan fingerprint density at radius 2 is 2.00 bits per heavy atom. The quantitative estimate of drug-likeness (QED) is 0.612. The van der Waals surface area contributed by atoms with E-state index in [0.717, 1.165) is 34.0 Å². The van der Waals surface area contributed by atoms with Gasteiger partial charge < -0.3 is 20.1 Å². The van der Waals surface area contributed by atoms with Gasteiger partial charge in [-0.2, -0.15) is 0 Å². The number of rotatable bonds is 6. The molecule has 2 aromatic heterocycles. The van der Waals surface area contributed by atoms with E-state index in [1.54, 1.807) is 19.5 Å². The molecule has 1 aromatic carbocycles. The highest BCUT2D eigenvalue weighted by atomic mass is 16.5. The standard InChI is InChI=1S/C24H28N6O3/c1-15-19(16(2)28-24(25)27-15)7-8-23(31)30-9-10-33-22(14-30)21-13-26-12-20(29-21)17-5-4-6-18(11-17)32-3/h4-6,11-13,22H,7-10,14H2,1-3H3,(H2,25,27,28)/t22-/m1/s1. The number of morpholine rings is 1. The zero-order valence-electron chi connectivity index (χ0n) is 19.1. The summed E-state index contributed by atoms with van der Waals surface area (Å²) in [6.07, 6.45) is 4.02. The Hall–Kier alpha value is -3.59. The third-order valence-electron chi connectivity index (χ3n) is 5.79. The Bertz CT molecular complexity index is 1130. The van der Waals surface area contributed by atoms with E-state index in [0.29, 0.717) is 38.2 Å². The Morgan fingerprint density at radius 1 is 1.21 bits per heavy atom. The summed E-state index contributed by atoms with van der Waals surface area (Å²) in [6, 6.07) is 7.67. The number of nitrogens with two attached hydrogens (primary N) is 1. The zero-order valence-corrected chi connectivity index (χ0v) is 19.1. The molecule has 9 nitrogen and oxygen atoms in total. The predicted octanol–water partition coefficient (Wildman–Crippen LogP) is 2.67. The summed E-state index contributed by atoms with van der Waals surface area (Å²) in [6.45, 7) is 5.22. The van der Waals surface area contributed by atoms with Gasteiger partial charge in [0, 0.05) is 29.9 Å². The Morgan fingerprint density at radius 3 is 2.76 bits per heavy atom. The molecule has 3 heterocycles. The molecule has 1 amide bonds. The van der Waals surface area contributed by atoms with Crippen LogP contribution in [0.4, 0.5) is 5.95 Å². The predicted molar refractivity (Wildman–Crippen MR) is 124 cm³/mol. The van der Waals surface area contributed by atoms with Crippen LogP contribution >= 0.6 is 0 Å². The monoisotopic (exact) mass is 448 g/mol. The van der Waals surface area contributed by atoms with Gasteiger partial charge in [0.2, 0.25) is 11.9 Å². The maximum absolute atomic E-state index is 13.0. The fraction of sp³-hybridized carbons (Fsp3) is 0.375. The van der Waals surface area contributed by atoms with Crippen LogP contribution in [0, 0.1) is 13.8 Å². The molecule has 33 heavy (non-hydrogen) atoms. The Labute approximate surface area is 193 Å². The van der Waals surface area contributed by atoms with Gasteiger partial charge in [-0.1, -0.05) is 12.1 Å². The average molecular weight is 449 g/mol. The summed E-state index contributed by atoms with van der Waals surface area (Å²) in [5, 5.41) is 0. The van der Waals surface area contributed by atoms with Crippen molar-refractivity contribution in [3.8, 4) is 17.0 Å². The highest BCUT2D eigenvalue weighted by molar-refractivity contribution is 5.76. The van der Waals surface area contributed by atoms with E-state index >= 15 is 0 Å². The molecular formula is C24H28N6O3. The fourth-order valence-corrected chi connectivity index (χ4v) is 4.03. The smallest absolute Gasteiger partial charge is 0.223 e. The molecule has 1 fully saturated rings. The van der Waals surface area contributed by atoms with Gasteiger partial charge >= 0.3 is 0 Å². The molecule has 172 valence electrons. The number of hydrogen-bond donors (Lipinski definition) is 1. The van der Waals surface area contributed by atoms with Crippen molar-refractivity contribution in [1.29, 1.82) is 0 Å². The molecule has 1 saturated heterocycles. The minimum atomic E-state index is -0.330. The lowest BCUT2D eigenvalue weighted by atomic mass is 10.1. The number of methoxy groups -OCH3 is 1. The molecule has 0 unspecified atom stereocenters. The van der Waals surface area contributed by atoms with Gasteiger partial charge in [0.05, 0.1) is 44.0 Å². The van der Waals surface area contributed by atoms with Crippen molar-refractivity contribution in [1.82, 2.24) is 24.8 Å². The number of anilines is 1. The van der Waals surface area contributed by atoms with Crippen LogP contribution in [0.25, 0.3) is 11.3 Å². The number of carbonyl (C=O) groups excluding carboxylic acids is 1. The van der Waals surface area contributed by atoms with E-state index in [1.165, 1.54) is 0 Å². The number of aryl methyl sites for hydroxylation is 2. The van der Waals surface area contributed by atoms with E-state index in [-0.39, 0.29) is 18.0 Å². The van der Waals surface area contributed by atoms with Gasteiger partial charge in [-0.25, -0.2) is 15.0 Å². The van der Waals surface area contributed by atoms with Crippen molar-refractivity contribution in [2.45, 2.75) is 32.8 Å².